The number of hydrogen-bond acceptors (Lipinski definition) is 4. The molecule has 2 rings (SSSR count). The number of rotatable bonds is 3. The van der Waals surface area contributed by atoms with Gasteiger partial charge in [-0.2, -0.15) is 0 Å². The van der Waals surface area contributed by atoms with Crippen molar-refractivity contribution in [1.82, 2.24) is 15.5 Å². The fraction of sp³-hybridized carbons (Fsp3) is 0.357. The van der Waals surface area contributed by atoms with Gasteiger partial charge in [0.1, 0.15) is 11.8 Å². The quantitative estimate of drug-likeness (QED) is 0.735. The standard InChI is InChI=1S/C14H16ClN3O4/c1-16-12(20)7-10-13(21)17-4-5-18(10)14(22)9-3-2-8(15)6-11(9)19/h2-3,6,10,19H,4-5,7H2,1H3,(H,16,20)(H,17,21)/t10-/m0/s1. The van der Waals surface area contributed by atoms with E-state index in [1.54, 1.807) is 0 Å². The number of halogens is 1. The summed E-state index contributed by atoms with van der Waals surface area (Å²) in [6.45, 7) is 0.553. The van der Waals surface area contributed by atoms with E-state index in [0.717, 1.165) is 0 Å². The molecule has 7 nitrogen and oxygen atoms in total. The van der Waals surface area contributed by atoms with Crippen LogP contribution in [-0.2, 0) is 9.59 Å². The van der Waals surface area contributed by atoms with Crippen LogP contribution in [0.1, 0.15) is 16.8 Å². The number of hydrogen-bond donors (Lipinski definition) is 3. The maximum absolute atomic E-state index is 12.6. The average Bonchev–Trinajstić information content (AvgIpc) is 2.48. The minimum absolute atomic E-state index is 0.0426. The Balaban J connectivity index is 2.28. The number of carbonyl (C=O) groups excluding carboxylic acids is 3. The molecule has 0 saturated carbocycles. The Morgan fingerprint density at radius 1 is 1.50 bits per heavy atom. The van der Waals surface area contributed by atoms with E-state index in [0.29, 0.717) is 11.6 Å². The molecular weight excluding hydrogens is 310 g/mol. The molecule has 0 aromatic heterocycles. The van der Waals surface area contributed by atoms with Gasteiger partial charge in [0.2, 0.25) is 11.8 Å². The second-order valence-electron chi connectivity index (χ2n) is 4.84. The number of amides is 3. The zero-order chi connectivity index (χ0) is 16.3. The lowest BCUT2D eigenvalue weighted by Crippen LogP contribution is -2.58. The van der Waals surface area contributed by atoms with E-state index >= 15 is 0 Å². The van der Waals surface area contributed by atoms with Gasteiger partial charge in [0.05, 0.1) is 12.0 Å². The topological polar surface area (TPSA) is 98.7 Å². The molecule has 1 aliphatic heterocycles. The number of phenols is 1. The van der Waals surface area contributed by atoms with Crippen LogP contribution in [0.15, 0.2) is 18.2 Å². The summed E-state index contributed by atoms with van der Waals surface area (Å²) in [5, 5.41) is 15.2. The Labute approximate surface area is 132 Å². The van der Waals surface area contributed by atoms with Gasteiger partial charge in [0.15, 0.2) is 0 Å². The summed E-state index contributed by atoms with van der Waals surface area (Å²) in [6.07, 6.45) is -0.136. The van der Waals surface area contributed by atoms with Gasteiger partial charge in [-0.3, -0.25) is 14.4 Å². The number of benzene rings is 1. The molecular formula is C14H16ClN3O4. The molecule has 0 radical (unpaired) electrons. The Bertz CT molecular complexity index is 620. The first kappa shape index (κ1) is 16.1. The zero-order valence-electron chi connectivity index (χ0n) is 11.9. The van der Waals surface area contributed by atoms with Crippen LogP contribution in [0.5, 0.6) is 5.75 Å². The minimum Gasteiger partial charge on any atom is -0.507 e. The smallest absolute Gasteiger partial charge is 0.258 e. The molecule has 1 atom stereocenters. The molecule has 118 valence electrons. The van der Waals surface area contributed by atoms with E-state index < -0.39 is 17.9 Å². The van der Waals surface area contributed by atoms with E-state index in [2.05, 4.69) is 10.6 Å². The average molecular weight is 326 g/mol. The van der Waals surface area contributed by atoms with Crippen LogP contribution in [0.4, 0.5) is 0 Å². The fourth-order valence-corrected chi connectivity index (χ4v) is 2.45. The van der Waals surface area contributed by atoms with Crippen molar-refractivity contribution in [3.05, 3.63) is 28.8 Å². The van der Waals surface area contributed by atoms with E-state index in [9.17, 15) is 19.5 Å². The molecule has 1 aromatic rings. The van der Waals surface area contributed by atoms with Crippen molar-refractivity contribution in [3.63, 3.8) is 0 Å². The molecule has 1 aliphatic rings. The van der Waals surface area contributed by atoms with Crippen molar-refractivity contribution < 1.29 is 19.5 Å². The molecule has 0 bridgehead atoms. The third-order valence-electron chi connectivity index (χ3n) is 3.44. The molecule has 0 unspecified atom stereocenters. The Morgan fingerprint density at radius 3 is 2.86 bits per heavy atom. The van der Waals surface area contributed by atoms with Gasteiger partial charge in [0.25, 0.3) is 5.91 Å². The van der Waals surface area contributed by atoms with E-state index in [1.807, 2.05) is 0 Å². The van der Waals surface area contributed by atoms with Gasteiger partial charge in [-0.05, 0) is 18.2 Å². The fourth-order valence-electron chi connectivity index (χ4n) is 2.28. The first-order chi connectivity index (χ1) is 10.4. The van der Waals surface area contributed by atoms with Crippen LogP contribution in [0, 0.1) is 0 Å². The Hall–Kier alpha value is -2.28. The van der Waals surface area contributed by atoms with Crippen LogP contribution < -0.4 is 10.6 Å². The number of piperazine rings is 1. The highest BCUT2D eigenvalue weighted by atomic mass is 35.5. The summed E-state index contributed by atoms with van der Waals surface area (Å²) in [6, 6.07) is 3.22. The van der Waals surface area contributed by atoms with E-state index in [4.69, 9.17) is 11.6 Å². The van der Waals surface area contributed by atoms with Crippen molar-refractivity contribution in [2.24, 2.45) is 0 Å². The van der Waals surface area contributed by atoms with Crippen molar-refractivity contribution >= 4 is 29.3 Å². The zero-order valence-corrected chi connectivity index (χ0v) is 12.7. The molecule has 3 amide bonds. The second kappa shape index (κ2) is 6.65. The Morgan fingerprint density at radius 2 is 2.23 bits per heavy atom. The lowest BCUT2D eigenvalue weighted by Gasteiger charge is -2.34. The summed E-state index contributed by atoms with van der Waals surface area (Å²) in [7, 11) is 1.46. The monoisotopic (exact) mass is 325 g/mol. The highest BCUT2D eigenvalue weighted by Crippen LogP contribution is 2.24. The van der Waals surface area contributed by atoms with Gasteiger partial charge in [0, 0.05) is 25.2 Å². The lowest BCUT2D eigenvalue weighted by atomic mass is 10.1. The second-order valence-corrected chi connectivity index (χ2v) is 5.28. The molecule has 1 aromatic carbocycles. The molecule has 1 saturated heterocycles. The van der Waals surface area contributed by atoms with Crippen molar-refractivity contribution in [2.75, 3.05) is 20.1 Å². The van der Waals surface area contributed by atoms with Crippen LogP contribution in [0.3, 0.4) is 0 Å². The van der Waals surface area contributed by atoms with E-state index in [1.165, 1.54) is 30.1 Å². The van der Waals surface area contributed by atoms with Crippen LogP contribution in [-0.4, -0.2) is 53.9 Å². The maximum atomic E-state index is 12.6. The first-order valence-corrected chi connectivity index (χ1v) is 7.09. The molecule has 8 heteroatoms. The third-order valence-corrected chi connectivity index (χ3v) is 3.67. The summed E-state index contributed by atoms with van der Waals surface area (Å²) in [5.74, 6) is -1.52. The highest BCUT2D eigenvalue weighted by Gasteiger charge is 2.35. The van der Waals surface area contributed by atoms with Crippen molar-refractivity contribution in [3.8, 4) is 5.75 Å². The summed E-state index contributed by atoms with van der Waals surface area (Å²) in [4.78, 5) is 37.4. The maximum Gasteiger partial charge on any atom is 0.258 e. The highest BCUT2D eigenvalue weighted by molar-refractivity contribution is 6.30. The van der Waals surface area contributed by atoms with Gasteiger partial charge in [-0.15, -0.1) is 0 Å². The number of carbonyl (C=O) groups is 3. The van der Waals surface area contributed by atoms with Gasteiger partial charge in [-0.1, -0.05) is 11.6 Å². The lowest BCUT2D eigenvalue weighted by molar-refractivity contribution is -0.132. The molecule has 22 heavy (non-hydrogen) atoms. The largest absolute Gasteiger partial charge is 0.507 e. The summed E-state index contributed by atoms with van der Waals surface area (Å²) < 4.78 is 0. The predicted octanol–water partition coefficient (Wildman–Crippen LogP) is 0.122. The number of nitrogens with zero attached hydrogens (tertiary/aromatic N) is 1. The molecule has 1 heterocycles. The van der Waals surface area contributed by atoms with Crippen LogP contribution in [0.25, 0.3) is 0 Å². The number of aromatic hydroxyl groups is 1. The molecule has 0 aliphatic carbocycles. The predicted molar refractivity (Wildman–Crippen MR) is 79.6 cm³/mol. The van der Waals surface area contributed by atoms with Crippen molar-refractivity contribution in [1.29, 1.82) is 0 Å². The normalized spacial score (nSPS) is 17.8. The molecule has 3 N–H and O–H groups in total. The van der Waals surface area contributed by atoms with E-state index in [-0.39, 0.29) is 30.2 Å². The SMILES string of the molecule is CNC(=O)C[C@H]1C(=O)NCCN1C(=O)c1ccc(Cl)cc1O. The summed E-state index contributed by atoms with van der Waals surface area (Å²) in [5.41, 5.74) is 0.0426. The number of nitrogens with one attached hydrogen (secondary N) is 2. The van der Waals surface area contributed by atoms with Crippen LogP contribution in [0.2, 0.25) is 5.02 Å². The molecule has 0 spiro atoms. The van der Waals surface area contributed by atoms with Gasteiger partial charge < -0.3 is 20.6 Å². The number of phenolic OH excluding ortho intramolecular Hbond substituents is 1. The molecule has 1 fully saturated rings. The minimum atomic E-state index is -0.906. The first-order valence-electron chi connectivity index (χ1n) is 6.72. The van der Waals surface area contributed by atoms with Gasteiger partial charge in [-0.25, -0.2) is 0 Å². The van der Waals surface area contributed by atoms with Crippen molar-refractivity contribution in [2.45, 2.75) is 12.5 Å². The summed E-state index contributed by atoms with van der Waals surface area (Å²) >= 11 is 5.74. The Kier molecular flexibility index (Phi) is 4.87. The van der Waals surface area contributed by atoms with Gasteiger partial charge >= 0.3 is 0 Å². The third kappa shape index (κ3) is 3.30. The van der Waals surface area contributed by atoms with Crippen LogP contribution >= 0.6 is 11.6 Å².